The maximum absolute atomic E-state index is 11.8. The van der Waals surface area contributed by atoms with Crippen LogP contribution in [-0.2, 0) is 11.3 Å². The molecule has 2 atom stereocenters. The Bertz CT molecular complexity index is 985. The van der Waals surface area contributed by atoms with E-state index in [1.54, 1.807) is 19.5 Å². The molecule has 5 heteroatoms. The molecule has 25 heavy (non-hydrogen) atoms. The zero-order chi connectivity index (χ0) is 17.4. The number of rotatable bonds is 4. The number of pyridine rings is 1. The fourth-order valence-electron chi connectivity index (χ4n) is 3.50. The number of fused-ring (bicyclic) bond motifs is 3. The summed E-state index contributed by atoms with van der Waals surface area (Å²) in [4.78, 5) is 20.8. The smallest absolute Gasteiger partial charge is 0.196 e. The summed E-state index contributed by atoms with van der Waals surface area (Å²) in [5.74, 6) is -1.10. The van der Waals surface area contributed by atoms with Gasteiger partial charge in [-0.05, 0) is 19.1 Å². The van der Waals surface area contributed by atoms with Gasteiger partial charge in [0.25, 0.3) is 0 Å². The summed E-state index contributed by atoms with van der Waals surface area (Å²) >= 11 is 0. The third-order valence-electron chi connectivity index (χ3n) is 4.87. The van der Waals surface area contributed by atoms with Crippen molar-refractivity contribution in [1.29, 1.82) is 0 Å². The number of carboxylic acids is 1. The van der Waals surface area contributed by atoms with Crippen molar-refractivity contribution < 1.29 is 9.90 Å². The lowest BCUT2D eigenvalue weighted by molar-refractivity contribution is -0.309. The number of carboxylic acid groups (broad SMARTS) is 1. The normalized spacial score (nSPS) is 19.7. The lowest BCUT2D eigenvalue weighted by Crippen LogP contribution is -2.59. The van der Waals surface area contributed by atoms with Crippen molar-refractivity contribution in [3.63, 3.8) is 0 Å². The number of carbonyl (C=O) groups excluding carboxylic acids is 1. The molecule has 2 unspecified atom stereocenters. The van der Waals surface area contributed by atoms with Crippen LogP contribution in [0.4, 0.5) is 11.4 Å². The highest BCUT2D eigenvalue weighted by molar-refractivity contribution is 6.05. The predicted molar refractivity (Wildman–Crippen MR) is 96.3 cm³/mol. The first kappa shape index (κ1) is 15.5. The monoisotopic (exact) mass is 331 g/mol. The molecule has 4 rings (SSSR count). The zero-order valence-electron chi connectivity index (χ0n) is 13.8. The molecule has 0 radical (unpaired) electrons. The molecule has 0 saturated carbocycles. The Morgan fingerprint density at radius 1 is 1.12 bits per heavy atom. The molecular weight excluding hydrogens is 314 g/mol. The van der Waals surface area contributed by atoms with Crippen molar-refractivity contribution in [1.82, 2.24) is 9.47 Å². The lowest BCUT2D eigenvalue weighted by atomic mass is 10.1. The van der Waals surface area contributed by atoms with Crippen molar-refractivity contribution in [2.24, 2.45) is 4.99 Å². The van der Waals surface area contributed by atoms with Gasteiger partial charge in [-0.25, -0.2) is 4.48 Å². The number of nitrogens with zero attached hydrogens (tertiary/aromatic N) is 3. The molecule has 1 aliphatic heterocycles. The number of quaternary nitrogens is 1. The number of aromatic nitrogens is 1. The highest BCUT2D eigenvalue weighted by Gasteiger charge is 2.43. The predicted octanol–water partition coefficient (Wildman–Crippen LogP) is 2.55. The van der Waals surface area contributed by atoms with Crippen LogP contribution in [0.25, 0.3) is 10.9 Å². The number of hydrogen-bond acceptors (Lipinski definition) is 4. The third kappa shape index (κ3) is 2.40. The minimum Gasteiger partial charge on any atom is -0.544 e. The van der Waals surface area contributed by atoms with Crippen molar-refractivity contribution in [3.05, 3.63) is 66.4 Å². The number of aliphatic imine (C=N–C) groups is 1. The van der Waals surface area contributed by atoms with E-state index in [4.69, 9.17) is 0 Å². The van der Waals surface area contributed by atoms with Gasteiger partial charge in [-0.15, -0.1) is 0 Å². The van der Waals surface area contributed by atoms with Gasteiger partial charge in [-0.1, -0.05) is 42.5 Å². The summed E-state index contributed by atoms with van der Waals surface area (Å²) in [6, 6.07) is 16.8. The maximum Gasteiger partial charge on any atom is 0.196 e. The average Bonchev–Trinajstić information content (AvgIpc) is 3.02. The van der Waals surface area contributed by atoms with E-state index in [0.29, 0.717) is 12.2 Å². The van der Waals surface area contributed by atoms with Crippen LogP contribution in [0.2, 0.25) is 0 Å². The van der Waals surface area contributed by atoms with Crippen LogP contribution in [0.3, 0.4) is 0 Å². The first-order valence-electron chi connectivity index (χ1n) is 8.17. The second kappa shape index (κ2) is 5.79. The van der Waals surface area contributed by atoms with Crippen molar-refractivity contribution in [3.8, 4) is 0 Å². The molecule has 0 spiro atoms. The highest BCUT2D eigenvalue weighted by atomic mass is 16.4. The molecular formula is C20H17N3O2. The molecule has 0 saturated heterocycles. The van der Waals surface area contributed by atoms with Gasteiger partial charge in [-0.3, -0.25) is 4.98 Å². The van der Waals surface area contributed by atoms with Crippen molar-refractivity contribution in [2.45, 2.75) is 19.5 Å². The molecule has 1 aromatic heterocycles. The number of benzene rings is 2. The van der Waals surface area contributed by atoms with Gasteiger partial charge in [0.05, 0.1) is 23.1 Å². The van der Waals surface area contributed by atoms with E-state index >= 15 is 0 Å². The Morgan fingerprint density at radius 3 is 2.60 bits per heavy atom. The Hall–Kier alpha value is -3.05. The topological polar surface area (TPSA) is 65.4 Å². The molecule has 2 aromatic carbocycles. The summed E-state index contributed by atoms with van der Waals surface area (Å²) in [5, 5.41) is 12.7. The summed E-state index contributed by atoms with van der Waals surface area (Å²) in [6.45, 7) is 2.16. The number of para-hydroxylation sites is 1. The molecule has 3 aromatic rings. The van der Waals surface area contributed by atoms with E-state index in [-0.39, 0.29) is 4.48 Å². The molecule has 0 N–H and O–H groups in total. The van der Waals surface area contributed by atoms with E-state index in [9.17, 15) is 9.90 Å². The van der Waals surface area contributed by atoms with E-state index in [1.165, 1.54) is 0 Å². The molecule has 0 bridgehead atoms. The number of hydrogen-bond donors (Lipinski definition) is 0. The molecule has 0 fully saturated rings. The van der Waals surface area contributed by atoms with Gasteiger partial charge in [0.1, 0.15) is 18.3 Å². The zero-order valence-corrected chi connectivity index (χ0v) is 13.8. The molecule has 2 heterocycles. The van der Waals surface area contributed by atoms with Crippen LogP contribution in [0.1, 0.15) is 12.5 Å². The fraction of sp³-hybridized carbons (Fsp3) is 0.150. The largest absolute Gasteiger partial charge is 0.544 e. The van der Waals surface area contributed by atoms with Crippen LogP contribution in [0.15, 0.2) is 65.8 Å². The first-order chi connectivity index (χ1) is 12.1. The van der Waals surface area contributed by atoms with E-state index in [1.807, 2.05) is 54.6 Å². The van der Waals surface area contributed by atoms with Crippen LogP contribution >= 0.6 is 0 Å². The Labute approximate surface area is 145 Å². The number of aliphatic carboxylic acids is 1. The van der Waals surface area contributed by atoms with E-state index in [2.05, 4.69) is 9.98 Å². The summed E-state index contributed by atoms with van der Waals surface area (Å²) in [7, 11) is 0. The summed E-state index contributed by atoms with van der Waals surface area (Å²) < 4.78 is 0.0880. The maximum atomic E-state index is 11.8. The standard InChI is InChI=1S/C20H17N3O2/c1-14(20(24)25)23(12-15-7-3-2-4-8-15)13-22-18-11-21-17-10-6-5-9-16(17)19(18)23/h2-11,13-14H,12H2,1H3. The van der Waals surface area contributed by atoms with Gasteiger partial charge >= 0.3 is 0 Å². The average molecular weight is 331 g/mol. The quantitative estimate of drug-likeness (QED) is 0.690. The van der Waals surface area contributed by atoms with Gasteiger partial charge in [-0.2, -0.15) is 4.99 Å². The van der Waals surface area contributed by atoms with Crippen molar-refractivity contribution >= 4 is 34.6 Å². The molecule has 1 aliphatic rings. The van der Waals surface area contributed by atoms with Crippen LogP contribution < -0.4 is 9.59 Å². The second-order valence-electron chi connectivity index (χ2n) is 6.32. The van der Waals surface area contributed by atoms with Crippen molar-refractivity contribution in [2.75, 3.05) is 0 Å². The molecule has 5 nitrogen and oxygen atoms in total. The van der Waals surface area contributed by atoms with Crippen LogP contribution in [0.5, 0.6) is 0 Å². The van der Waals surface area contributed by atoms with Gasteiger partial charge < -0.3 is 9.90 Å². The number of carbonyl (C=O) groups is 1. The van der Waals surface area contributed by atoms with Crippen LogP contribution in [-0.4, -0.2) is 23.3 Å². The van der Waals surface area contributed by atoms with Gasteiger partial charge in [0, 0.05) is 5.56 Å². The molecule has 0 amide bonds. The highest BCUT2D eigenvalue weighted by Crippen LogP contribution is 2.45. The van der Waals surface area contributed by atoms with Crippen LogP contribution in [0, 0.1) is 0 Å². The van der Waals surface area contributed by atoms with Gasteiger partial charge in [0.15, 0.2) is 12.0 Å². The van der Waals surface area contributed by atoms with Gasteiger partial charge in [0.2, 0.25) is 0 Å². The summed E-state index contributed by atoms with van der Waals surface area (Å²) in [6.07, 6.45) is 3.42. The Morgan fingerprint density at radius 2 is 1.84 bits per heavy atom. The summed E-state index contributed by atoms with van der Waals surface area (Å²) in [5.41, 5.74) is 3.44. The second-order valence-corrected chi connectivity index (χ2v) is 6.32. The molecule has 0 aliphatic carbocycles. The molecule has 124 valence electrons. The SMILES string of the molecule is CC(C(=O)[O-])[N+]1(Cc2ccccc2)C=Nc2cnc3ccccc3c21. The lowest BCUT2D eigenvalue weighted by Gasteiger charge is -2.37. The fourth-order valence-corrected chi connectivity index (χ4v) is 3.50. The third-order valence-corrected chi connectivity index (χ3v) is 4.87. The minimum absolute atomic E-state index is 0.0880. The minimum atomic E-state index is -1.10. The Kier molecular flexibility index (Phi) is 3.58. The van der Waals surface area contributed by atoms with E-state index < -0.39 is 12.0 Å². The Balaban J connectivity index is 1.97. The van der Waals surface area contributed by atoms with E-state index in [0.717, 1.165) is 22.2 Å². The first-order valence-corrected chi connectivity index (χ1v) is 8.17.